The van der Waals surface area contributed by atoms with Crippen LogP contribution >= 0.6 is 0 Å². The Kier molecular flexibility index (Phi) is 4.55. The van der Waals surface area contributed by atoms with E-state index in [0.29, 0.717) is 5.92 Å². The molecule has 0 heterocycles. The number of aryl methyl sites for hydroxylation is 1. The summed E-state index contributed by atoms with van der Waals surface area (Å²) in [6, 6.07) is 10.4. The maximum absolute atomic E-state index is 10.7. The fourth-order valence-electron chi connectivity index (χ4n) is 1.42. The summed E-state index contributed by atoms with van der Waals surface area (Å²) in [5, 5.41) is 10.7. The highest BCUT2D eigenvalue weighted by Gasteiger charge is 2.04. The minimum atomic E-state index is 0.0728. The summed E-state index contributed by atoms with van der Waals surface area (Å²) in [5.41, 5.74) is 1.34. The maximum atomic E-state index is 10.7. The van der Waals surface area contributed by atoms with Gasteiger partial charge in [-0.25, -0.2) is 5.11 Å². The van der Waals surface area contributed by atoms with E-state index in [4.69, 9.17) is 0 Å². The molecular weight excluding hydrogens is 160 g/mol. The first-order valence-electron chi connectivity index (χ1n) is 4.98. The van der Waals surface area contributed by atoms with Crippen molar-refractivity contribution in [1.82, 2.24) is 0 Å². The van der Waals surface area contributed by atoms with Crippen molar-refractivity contribution in [3.63, 3.8) is 0 Å². The number of hydrogen-bond acceptors (Lipinski definition) is 0. The molecule has 13 heavy (non-hydrogen) atoms. The molecule has 0 bridgehead atoms. The molecule has 0 spiro atoms. The van der Waals surface area contributed by atoms with Gasteiger partial charge >= 0.3 is 0 Å². The molecule has 1 rings (SSSR count). The Morgan fingerprint density at radius 3 is 2.46 bits per heavy atom. The van der Waals surface area contributed by atoms with E-state index in [9.17, 15) is 5.11 Å². The highest BCUT2D eigenvalue weighted by molar-refractivity contribution is 5.14. The minimum Gasteiger partial charge on any atom is -0.236 e. The van der Waals surface area contributed by atoms with Gasteiger partial charge < -0.3 is 0 Å². The van der Waals surface area contributed by atoms with Gasteiger partial charge in [-0.05, 0) is 24.3 Å². The summed E-state index contributed by atoms with van der Waals surface area (Å²) < 4.78 is 0. The lowest BCUT2D eigenvalue weighted by molar-refractivity contribution is 0.136. The van der Waals surface area contributed by atoms with E-state index >= 15 is 0 Å². The zero-order valence-corrected chi connectivity index (χ0v) is 8.20. The van der Waals surface area contributed by atoms with Crippen molar-refractivity contribution in [3.05, 3.63) is 35.9 Å². The van der Waals surface area contributed by atoms with Crippen LogP contribution in [0.4, 0.5) is 0 Å². The van der Waals surface area contributed by atoms with Gasteiger partial charge in [0, 0.05) is 0 Å². The van der Waals surface area contributed by atoms with Crippen LogP contribution in [-0.4, -0.2) is 6.61 Å². The molecule has 0 saturated carbocycles. The summed E-state index contributed by atoms with van der Waals surface area (Å²) in [6.07, 6.45) is 3.09. The largest absolute Gasteiger partial charge is 0.236 e. The Balaban J connectivity index is 2.34. The molecule has 0 aliphatic heterocycles. The quantitative estimate of drug-likeness (QED) is 0.658. The molecule has 1 heteroatoms. The highest BCUT2D eigenvalue weighted by Crippen LogP contribution is 2.12. The molecule has 0 amide bonds. The van der Waals surface area contributed by atoms with E-state index in [0.717, 1.165) is 19.3 Å². The van der Waals surface area contributed by atoms with Crippen LogP contribution < -0.4 is 0 Å². The molecule has 1 unspecified atom stereocenters. The van der Waals surface area contributed by atoms with E-state index < -0.39 is 0 Å². The Hall–Kier alpha value is -0.820. The van der Waals surface area contributed by atoms with Crippen molar-refractivity contribution in [3.8, 4) is 0 Å². The van der Waals surface area contributed by atoms with Gasteiger partial charge in [-0.15, -0.1) is 0 Å². The molecule has 71 valence electrons. The smallest absolute Gasteiger partial charge is 0.0850 e. The van der Waals surface area contributed by atoms with E-state index in [2.05, 4.69) is 19.1 Å². The average molecular weight is 177 g/mol. The average Bonchev–Trinajstić information content (AvgIpc) is 2.21. The van der Waals surface area contributed by atoms with Crippen molar-refractivity contribution in [2.75, 3.05) is 6.61 Å². The molecule has 0 fully saturated rings. The first kappa shape index (κ1) is 10.3. The second-order valence-corrected chi connectivity index (χ2v) is 3.47. The third kappa shape index (κ3) is 3.60. The Bertz CT molecular complexity index is 214. The summed E-state index contributed by atoms with van der Waals surface area (Å²) in [6.45, 7) is 2.16. The van der Waals surface area contributed by atoms with Crippen molar-refractivity contribution >= 4 is 0 Å². The van der Waals surface area contributed by atoms with Gasteiger partial charge in [0.15, 0.2) is 0 Å². The van der Waals surface area contributed by atoms with Crippen LogP contribution in [-0.2, 0) is 11.5 Å². The number of rotatable bonds is 5. The Morgan fingerprint density at radius 2 is 1.92 bits per heavy atom. The van der Waals surface area contributed by atoms with E-state index in [1.54, 1.807) is 0 Å². The van der Waals surface area contributed by atoms with E-state index in [1.807, 2.05) is 18.2 Å². The molecule has 1 atom stereocenters. The lowest BCUT2D eigenvalue weighted by atomic mass is 9.98. The number of benzene rings is 1. The maximum Gasteiger partial charge on any atom is 0.0850 e. The lowest BCUT2D eigenvalue weighted by Gasteiger charge is -2.09. The standard InChI is InChI=1S/C12H17O/c1-2-11(10-13)8-9-12-6-4-3-5-7-12/h3-7,11H,2,8-10H2,1H3. The van der Waals surface area contributed by atoms with Crippen molar-refractivity contribution < 1.29 is 5.11 Å². The van der Waals surface area contributed by atoms with Crippen LogP contribution in [0.25, 0.3) is 0 Å². The van der Waals surface area contributed by atoms with Crippen LogP contribution in [0.5, 0.6) is 0 Å². The second-order valence-electron chi connectivity index (χ2n) is 3.47. The molecule has 0 aliphatic rings. The van der Waals surface area contributed by atoms with Gasteiger partial charge in [-0.3, -0.25) is 0 Å². The predicted octanol–water partition coefficient (Wildman–Crippen LogP) is 3.08. The Labute approximate surface area is 80.4 Å². The predicted molar refractivity (Wildman–Crippen MR) is 54.1 cm³/mol. The summed E-state index contributed by atoms with van der Waals surface area (Å²) >= 11 is 0. The topological polar surface area (TPSA) is 19.9 Å². The summed E-state index contributed by atoms with van der Waals surface area (Å²) in [5.74, 6) is 0.361. The van der Waals surface area contributed by atoms with Gasteiger partial charge in [0.1, 0.15) is 0 Å². The molecule has 0 N–H and O–H groups in total. The third-order valence-electron chi connectivity index (χ3n) is 2.50. The summed E-state index contributed by atoms with van der Waals surface area (Å²) in [7, 11) is 0. The van der Waals surface area contributed by atoms with Crippen molar-refractivity contribution in [2.24, 2.45) is 5.92 Å². The summed E-state index contributed by atoms with van der Waals surface area (Å²) in [4.78, 5) is 0. The molecular formula is C12H17O. The van der Waals surface area contributed by atoms with Crippen molar-refractivity contribution in [1.29, 1.82) is 0 Å². The van der Waals surface area contributed by atoms with Crippen LogP contribution in [0.3, 0.4) is 0 Å². The minimum absolute atomic E-state index is 0.0728. The molecule has 1 nitrogen and oxygen atoms in total. The highest BCUT2D eigenvalue weighted by atomic mass is 16.3. The van der Waals surface area contributed by atoms with E-state index in [-0.39, 0.29) is 6.61 Å². The Morgan fingerprint density at radius 1 is 1.23 bits per heavy atom. The van der Waals surface area contributed by atoms with Crippen LogP contribution in [0.15, 0.2) is 30.3 Å². The molecule has 0 saturated heterocycles. The number of hydrogen-bond donors (Lipinski definition) is 0. The van der Waals surface area contributed by atoms with E-state index in [1.165, 1.54) is 5.56 Å². The first-order valence-corrected chi connectivity index (χ1v) is 4.98. The fourth-order valence-corrected chi connectivity index (χ4v) is 1.42. The van der Waals surface area contributed by atoms with Gasteiger partial charge in [0.25, 0.3) is 0 Å². The van der Waals surface area contributed by atoms with Gasteiger partial charge in [0.2, 0.25) is 0 Å². The van der Waals surface area contributed by atoms with Gasteiger partial charge in [-0.1, -0.05) is 43.7 Å². The lowest BCUT2D eigenvalue weighted by Crippen LogP contribution is -2.04. The third-order valence-corrected chi connectivity index (χ3v) is 2.50. The molecule has 1 aromatic carbocycles. The molecule has 1 aromatic rings. The molecule has 0 aromatic heterocycles. The first-order chi connectivity index (χ1) is 6.36. The monoisotopic (exact) mass is 177 g/mol. The SMILES string of the molecule is CCC(C[O])CCc1ccccc1. The van der Waals surface area contributed by atoms with Crippen molar-refractivity contribution in [2.45, 2.75) is 26.2 Å². The van der Waals surface area contributed by atoms with Crippen LogP contribution in [0, 0.1) is 5.92 Å². The zero-order valence-electron chi connectivity index (χ0n) is 8.20. The molecule has 1 radical (unpaired) electrons. The van der Waals surface area contributed by atoms with Gasteiger partial charge in [-0.2, -0.15) is 0 Å². The second kappa shape index (κ2) is 5.76. The molecule has 0 aliphatic carbocycles. The zero-order chi connectivity index (χ0) is 9.52. The normalized spacial score (nSPS) is 12.8. The van der Waals surface area contributed by atoms with Crippen LogP contribution in [0.2, 0.25) is 0 Å². The van der Waals surface area contributed by atoms with Crippen LogP contribution in [0.1, 0.15) is 25.3 Å². The van der Waals surface area contributed by atoms with Gasteiger partial charge in [0.05, 0.1) is 6.61 Å². The fraction of sp³-hybridized carbons (Fsp3) is 0.500.